The number of aliphatic hydroxyl groups is 1. The van der Waals surface area contributed by atoms with Gasteiger partial charge >= 0.3 is 0 Å². The first-order valence-electron chi connectivity index (χ1n) is 9.75. The number of halogens is 1. The fourth-order valence-electron chi connectivity index (χ4n) is 3.74. The second-order valence-electron chi connectivity index (χ2n) is 7.27. The minimum Gasteiger partial charge on any atom is -0.502 e. The van der Waals surface area contributed by atoms with E-state index in [1.54, 1.807) is 54.6 Å². The highest BCUT2D eigenvalue weighted by Crippen LogP contribution is 2.43. The van der Waals surface area contributed by atoms with Gasteiger partial charge in [-0.05, 0) is 47.5 Å². The summed E-state index contributed by atoms with van der Waals surface area (Å²) in [5.41, 5.74) is 1.30. The second kappa shape index (κ2) is 8.68. The van der Waals surface area contributed by atoms with Crippen LogP contribution < -0.4 is 4.74 Å². The van der Waals surface area contributed by atoms with Crippen LogP contribution in [0.1, 0.15) is 17.2 Å². The summed E-state index contributed by atoms with van der Waals surface area (Å²) in [5.74, 6) is -0.928. The largest absolute Gasteiger partial charge is 0.502 e. The van der Waals surface area contributed by atoms with Crippen molar-refractivity contribution < 1.29 is 23.1 Å². The fourth-order valence-corrected chi connectivity index (χ4v) is 5.52. The Bertz CT molecular complexity index is 1290. The Morgan fingerprint density at radius 2 is 1.69 bits per heavy atom. The lowest BCUT2D eigenvalue weighted by Gasteiger charge is -2.27. The molecule has 1 aliphatic rings. The lowest BCUT2D eigenvalue weighted by molar-refractivity contribution is -0.130. The molecule has 0 aliphatic carbocycles. The monoisotopic (exact) mass is 469 g/mol. The van der Waals surface area contributed by atoms with Gasteiger partial charge in [-0.25, -0.2) is 8.42 Å². The molecule has 1 heterocycles. The molecule has 1 N–H and O–H groups in total. The zero-order valence-corrected chi connectivity index (χ0v) is 18.7. The Balaban J connectivity index is 1.83. The van der Waals surface area contributed by atoms with Crippen LogP contribution in [0.5, 0.6) is 5.75 Å². The summed E-state index contributed by atoms with van der Waals surface area (Å²) in [7, 11) is -2.65. The predicted octanol–water partition coefficient (Wildman–Crippen LogP) is 4.68. The van der Waals surface area contributed by atoms with E-state index >= 15 is 0 Å². The Labute approximate surface area is 191 Å². The summed E-state index contributed by atoms with van der Waals surface area (Å²) in [6, 6.07) is 20.5. The molecule has 32 heavy (non-hydrogen) atoms. The number of aliphatic hydroxyl groups excluding tert-OH is 1. The number of benzene rings is 3. The molecule has 0 spiro atoms. The molecule has 1 atom stereocenters. The number of amides is 1. The summed E-state index contributed by atoms with van der Waals surface area (Å²) in [6.07, 6.45) is 0. The van der Waals surface area contributed by atoms with Gasteiger partial charge in [-0.1, -0.05) is 54.1 Å². The maximum Gasteiger partial charge on any atom is 0.290 e. The van der Waals surface area contributed by atoms with Crippen molar-refractivity contribution in [2.75, 3.05) is 7.11 Å². The van der Waals surface area contributed by atoms with E-state index in [2.05, 4.69) is 0 Å². The molecule has 3 aromatic rings. The van der Waals surface area contributed by atoms with Crippen LogP contribution in [0.4, 0.5) is 0 Å². The number of carbonyl (C=O) groups is 1. The van der Waals surface area contributed by atoms with Crippen molar-refractivity contribution in [2.24, 2.45) is 0 Å². The minimum absolute atomic E-state index is 0.0552. The quantitative estimate of drug-likeness (QED) is 0.567. The van der Waals surface area contributed by atoms with Gasteiger partial charge in [0.1, 0.15) is 10.7 Å². The van der Waals surface area contributed by atoms with Crippen molar-refractivity contribution >= 4 is 27.3 Å². The second-order valence-corrected chi connectivity index (χ2v) is 9.62. The fraction of sp³-hybridized carbons (Fsp3) is 0.125. The molecule has 1 unspecified atom stereocenters. The Morgan fingerprint density at radius 1 is 1.00 bits per heavy atom. The number of ether oxygens (including phenoxy) is 1. The number of sulfone groups is 1. The van der Waals surface area contributed by atoms with Gasteiger partial charge in [0.05, 0.1) is 18.0 Å². The minimum atomic E-state index is -4.19. The number of carbonyl (C=O) groups excluding carboxylic acids is 1. The van der Waals surface area contributed by atoms with Crippen LogP contribution in [0.15, 0.2) is 94.4 Å². The third-order valence-electron chi connectivity index (χ3n) is 5.27. The van der Waals surface area contributed by atoms with E-state index in [4.69, 9.17) is 16.3 Å². The lowest BCUT2D eigenvalue weighted by Crippen LogP contribution is -2.30. The van der Waals surface area contributed by atoms with Crippen molar-refractivity contribution in [3.63, 3.8) is 0 Å². The highest BCUT2D eigenvalue weighted by molar-refractivity contribution is 7.95. The Morgan fingerprint density at radius 3 is 2.34 bits per heavy atom. The number of hydrogen-bond donors (Lipinski definition) is 1. The first-order valence-corrected chi connectivity index (χ1v) is 11.6. The van der Waals surface area contributed by atoms with Gasteiger partial charge in [0.2, 0.25) is 9.84 Å². The Hall–Kier alpha value is -3.29. The van der Waals surface area contributed by atoms with Crippen LogP contribution in [0.3, 0.4) is 0 Å². The van der Waals surface area contributed by atoms with E-state index in [1.165, 1.54) is 36.3 Å². The maximum absolute atomic E-state index is 13.5. The van der Waals surface area contributed by atoms with Crippen LogP contribution in [0.25, 0.3) is 0 Å². The predicted molar refractivity (Wildman–Crippen MR) is 121 cm³/mol. The van der Waals surface area contributed by atoms with E-state index in [0.29, 0.717) is 16.3 Å². The molecule has 0 aromatic heterocycles. The first kappa shape index (κ1) is 21.9. The highest BCUT2D eigenvalue weighted by atomic mass is 35.5. The van der Waals surface area contributed by atoms with E-state index in [9.17, 15) is 18.3 Å². The summed E-state index contributed by atoms with van der Waals surface area (Å²) >= 11 is 5.91. The van der Waals surface area contributed by atoms with Crippen LogP contribution >= 0.6 is 11.6 Å². The molecule has 0 fully saturated rings. The molecule has 1 aliphatic heterocycles. The summed E-state index contributed by atoms with van der Waals surface area (Å²) < 4.78 is 32.3. The van der Waals surface area contributed by atoms with Gasteiger partial charge in [-0.2, -0.15) is 0 Å². The molecule has 0 radical (unpaired) electrons. The molecule has 3 aromatic carbocycles. The van der Waals surface area contributed by atoms with Crippen molar-refractivity contribution in [1.29, 1.82) is 0 Å². The first-order chi connectivity index (χ1) is 15.3. The third kappa shape index (κ3) is 3.97. The van der Waals surface area contributed by atoms with Gasteiger partial charge in [0.15, 0.2) is 5.76 Å². The lowest BCUT2D eigenvalue weighted by atomic mass is 10.1. The number of hydrogen-bond acceptors (Lipinski definition) is 5. The Kier molecular flexibility index (Phi) is 5.95. The zero-order valence-electron chi connectivity index (χ0n) is 17.1. The highest BCUT2D eigenvalue weighted by Gasteiger charge is 2.46. The average Bonchev–Trinajstić information content (AvgIpc) is 3.05. The van der Waals surface area contributed by atoms with Crippen LogP contribution in [-0.4, -0.2) is 31.4 Å². The molecule has 1 amide bonds. The zero-order chi connectivity index (χ0) is 22.9. The topological polar surface area (TPSA) is 83.9 Å². The molecular weight excluding hydrogens is 450 g/mol. The number of methoxy groups -OCH3 is 1. The molecule has 0 bridgehead atoms. The van der Waals surface area contributed by atoms with Crippen molar-refractivity contribution in [2.45, 2.75) is 17.5 Å². The van der Waals surface area contributed by atoms with Gasteiger partial charge in [0, 0.05) is 11.6 Å². The smallest absolute Gasteiger partial charge is 0.290 e. The van der Waals surface area contributed by atoms with Crippen molar-refractivity contribution in [3.05, 3.63) is 106 Å². The van der Waals surface area contributed by atoms with Gasteiger partial charge in [-0.3, -0.25) is 4.79 Å². The van der Waals surface area contributed by atoms with Crippen LogP contribution in [0, 0.1) is 0 Å². The van der Waals surface area contributed by atoms with Crippen molar-refractivity contribution in [3.8, 4) is 5.75 Å². The molecule has 8 heteroatoms. The third-order valence-corrected chi connectivity index (χ3v) is 7.41. The number of nitrogens with zero attached hydrogens (tertiary/aromatic N) is 1. The van der Waals surface area contributed by atoms with E-state index in [0.717, 1.165) is 5.56 Å². The van der Waals surface area contributed by atoms with Crippen molar-refractivity contribution in [1.82, 2.24) is 4.90 Å². The molecule has 4 rings (SSSR count). The van der Waals surface area contributed by atoms with E-state index in [1.807, 2.05) is 0 Å². The summed E-state index contributed by atoms with van der Waals surface area (Å²) in [6.45, 7) is 0.0826. The molecule has 0 saturated heterocycles. The van der Waals surface area contributed by atoms with Crippen LogP contribution in [-0.2, 0) is 21.2 Å². The van der Waals surface area contributed by atoms with Gasteiger partial charge < -0.3 is 14.7 Å². The van der Waals surface area contributed by atoms with E-state index in [-0.39, 0.29) is 16.3 Å². The van der Waals surface area contributed by atoms with Gasteiger partial charge in [0.25, 0.3) is 5.91 Å². The summed E-state index contributed by atoms with van der Waals surface area (Å²) in [5, 5.41) is 11.1. The SMILES string of the molecule is COc1cccc(CN2C(=O)C(O)=C(S(=O)(=O)c3ccc(Cl)cc3)C2c2ccccc2)c1. The molecule has 0 saturated carbocycles. The average molecular weight is 470 g/mol. The van der Waals surface area contributed by atoms with E-state index < -0.39 is 27.5 Å². The van der Waals surface area contributed by atoms with Gasteiger partial charge in [-0.15, -0.1) is 0 Å². The van der Waals surface area contributed by atoms with Crippen LogP contribution in [0.2, 0.25) is 5.02 Å². The molecular formula is C24H20ClNO5S. The summed E-state index contributed by atoms with van der Waals surface area (Å²) in [4.78, 5) is 14.0. The standard InChI is InChI=1S/C24H20ClNO5S/c1-31-19-9-5-6-16(14-19)15-26-21(17-7-3-2-4-8-17)23(22(27)24(26)28)32(29,30)20-12-10-18(25)11-13-20/h2-14,21,27H,15H2,1H3. The molecule has 6 nitrogen and oxygen atoms in total. The normalized spacial score (nSPS) is 16.5. The number of rotatable bonds is 6. The molecule has 164 valence electrons. The maximum atomic E-state index is 13.5.